The lowest BCUT2D eigenvalue weighted by atomic mass is 10.0. The van der Waals surface area contributed by atoms with Crippen LogP contribution in [0.15, 0.2) is 53.6 Å². The summed E-state index contributed by atoms with van der Waals surface area (Å²) in [6.45, 7) is 5.39. The lowest BCUT2D eigenvalue weighted by Gasteiger charge is -2.16. The Hall–Kier alpha value is -2.70. The molecule has 3 aromatic rings. The quantitative estimate of drug-likeness (QED) is 0.766. The molecule has 1 saturated heterocycles. The van der Waals surface area contributed by atoms with Crippen LogP contribution in [0.2, 0.25) is 0 Å². The van der Waals surface area contributed by atoms with Gasteiger partial charge < -0.3 is 19.0 Å². The minimum absolute atomic E-state index is 0.141. The molecule has 2 aromatic heterocycles. The molecule has 0 bridgehead atoms. The monoisotopic (exact) mass is 352 g/mol. The van der Waals surface area contributed by atoms with E-state index in [9.17, 15) is 9.90 Å². The first-order chi connectivity index (χ1) is 12.4. The maximum atomic E-state index is 12.8. The van der Waals surface area contributed by atoms with Crippen molar-refractivity contribution < 1.29 is 14.6 Å². The molecule has 1 aliphatic rings. The maximum Gasteiger partial charge on any atom is 0.232 e. The number of rotatable bonds is 2. The van der Waals surface area contributed by atoms with Crippen LogP contribution >= 0.6 is 0 Å². The van der Waals surface area contributed by atoms with Crippen molar-refractivity contribution in [2.24, 2.45) is 0 Å². The second-order valence-corrected chi connectivity index (χ2v) is 6.94. The number of imidazole rings is 1. The summed E-state index contributed by atoms with van der Waals surface area (Å²) in [6.07, 6.45) is 2.19. The standard InChI is InChI=1S/C20H20N2O4/c1-12-11-22-10-9-14(16(24)19(22)21-12)15(23)18-17(25-20(2,3)26-18)13-7-5-4-6-8-13/h4-11,17-18,23H,1-3H3/b15-14-/t17-,18-/m0/s1. The second kappa shape index (κ2) is 5.93. The van der Waals surface area contributed by atoms with Crippen molar-refractivity contribution in [3.8, 4) is 0 Å². The Kier molecular flexibility index (Phi) is 3.82. The van der Waals surface area contributed by atoms with Crippen LogP contribution in [-0.4, -0.2) is 26.4 Å². The average molecular weight is 352 g/mol. The van der Waals surface area contributed by atoms with Crippen molar-refractivity contribution in [2.75, 3.05) is 0 Å². The Morgan fingerprint density at radius 1 is 1.19 bits per heavy atom. The SMILES string of the molecule is Cc1cn2cc/c(=C(/O)[C@@H]3OC(C)(C)O[C@H]3c3ccccc3)c(=O)c2n1. The minimum Gasteiger partial charge on any atom is -0.509 e. The Morgan fingerprint density at radius 3 is 2.65 bits per heavy atom. The molecule has 1 N–H and O–H groups in total. The lowest BCUT2D eigenvalue weighted by Crippen LogP contribution is -2.34. The molecule has 0 saturated carbocycles. The first-order valence-corrected chi connectivity index (χ1v) is 8.48. The average Bonchev–Trinajstić information content (AvgIpc) is 3.15. The van der Waals surface area contributed by atoms with Gasteiger partial charge in [-0.1, -0.05) is 30.3 Å². The number of hydrogen-bond donors (Lipinski definition) is 1. The van der Waals surface area contributed by atoms with Gasteiger partial charge in [0.15, 0.2) is 11.4 Å². The molecule has 6 heteroatoms. The van der Waals surface area contributed by atoms with Gasteiger partial charge in [-0.3, -0.25) is 4.79 Å². The van der Waals surface area contributed by atoms with Gasteiger partial charge >= 0.3 is 0 Å². The number of ether oxygens (including phenoxy) is 2. The zero-order chi connectivity index (χ0) is 18.5. The topological polar surface area (TPSA) is 73.1 Å². The fourth-order valence-corrected chi connectivity index (χ4v) is 3.35. The summed E-state index contributed by atoms with van der Waals surface area (Å²) in [5, 5.41) is 11.1. The predicted molar refractivity (Wildman–Crippen MR) is 96.7 cm³/mol. The van der Waals surface area contributed by atoms with Gasteiger partial charge in [0.05, 0.1) is 10.9 Å². The van der Waals surface area contributed by atoms with Crippen LogP contribution in [0, 0.1) is 6.92 Å². The van der Waals surface area contributed by atoms with Crippen molar-refractivity contribution in [1.29, 1.82) is 0 Å². The number of aliphatic hydroxyl groups is 1. The largest absolute Gasteiger partial charge is 0.509 e. The molecule has 0 spiro atoms. The van der Waals surface area contributed by atoms with E-state index in [1.807, 2.05) is 37.3 Å². The van der Waals surface area contributed by atoms with Gasteiger partial charge in [-0.25, -0.2) is 4.98 Å². The number of aromatic nitrogens is 2. The van der Waals surface area contributed by atoms with E-state index in [0.29, 0.717) is 0 Å². The Morgan fingerprint density at radius 2 is 1.92 bits per heavy atom. The fraction of sp³-hybridized carbons (Fsp3) is 0.300. The fourth-order valence-electron chi connectivity index (χ4n) is 3.35. The third-order valence-electron chi connectivity index (χ3n) is 4.47. The number of fused-ring (bicyclic) bond motifs is 1. The highest BCUT2D eigenvalue weighted by atomic mass is 16.8. The molecule has 134 valence electrons. The van der Waals surface area contributed by atoms with Gasteiger partial charge in [-0.2, -0.15) is 0 Å². The Bertz CT molecular complexity index is 1070. The van der Waals surface area contributed by atoms with Crippen LogP contribution in [0.3, 0.4) is 0 Å². The van der Waals surface area contributed by atoms with Crippen LogP contribution in [0.25, 0.3) is 11.4 Å². The summed E-state index contributed by atoms with van der Waals surface area (Å²) < 4.78 is 13.6. The maximum absolute atomic E-state index is 12.8. The molecule has 0 unspecified atom stereocenters. The van der Waals surface area contributed by atoms with Crippen molar-refractivity contribution in [3.63, 3.8) is 0 Å². The summed E-state index contributed by atoms with van der Waals surface area (Å²) in [5.74, 6) is -1.02. The smallest absolute Gasteiger partial charge is 0.232 e. The van der Waals surface area contributed by atoms with Crippen LogP contribution in [-0.2, 0) is 9.47 Å². The molecule has 6 nitrogen and oxygen atoms in total. The molecule has 0 aliphatic carbocycles. The summed E-state index contributed by atoms with van der Waals surface area (Å²) in [7, 11) is 0. The first kappa shape index (κ1) is 16.8. The van der Waals surface area contributed by atoms with Gasteiger partial charge in [-0.05, 0) is 32.4 Å². The molecule has 1 aliphatic heterocycles. The zero-order valence-corrected chi connectivity index (χ0v) is 14.8. The summed E-state index contributed by atoms with van der Waals surface area (Å²) >= 11 is 0. The van der Waals surface area contributed by atoms with Crippen LogP contribution < -0.4 is 10.6 Å². The van der Waals surface area contributed by atoms with Crippen molar-refractivity contribution in [2.45, 2.75) is 38.8 Å². The van der Waals surface area contributed by atoms with E-state index in [-0.39, 0.29) is 22.1 Å². The highest BCUT2D eigenvalue weighted by molar-refractivity contribution is 5.49. The van der Waals surface area contributed by atoms with Crippen molar-refractivity contribution >= 4 is 11.4 Å². The van der Waals surface area contributed by atoms with Gasteiger partial charge in [0, 0.05) is 12.4 Å². The molecular formula is C20H20N2O4. The molecule has 1 fully saturated rings. The van der Waals surface area contributed by atoms with Crippen molar-refractivity contribution in [1.82, 2.24) is 9.38 Å². The molecule has 1 aromatic carbocycles. The van der Waals surface area contributed by atoms with Gasteiger partial charge in [0.2, 0.25) is 5.43 Å². The minimum atomic E-state index is -0.879. The molecule has 0 radical (unpaired) electrons. The summed E-state index contributed by atoms with van der Waals surface area (Å²) in [4.78, 5) is 17.0. The molecule has 3 heterocycles. The molecule has 4 rings (SSSR count). The molecular weight excluding hydrogens is 332 g/mol. The van der Waals surface area contributed by atoms with Crippen LogP contribution in [0.5, 0.6) is 0 Å². The lowest BCUT2D eigenvalue weighted by molar-refractivity contribution is -0.144. The van der Waals surface area contributed by atoms with Gasteiger partial charge in [0.25, 0.3) is 0 Å². The Labute approximate surface area is 150 Å². The Balaban J connectivity index is 1.88. The van der Waals surface area contributed by atoms with Crippen LogP contribution in [0.4, 0.5) is 0 Å². The van der Waals surface area contributed by atoms with E-state index < -0.39 is 18.0 Å². The van der Waals surface area contributed by atoms with E-state index >= 15 is 0 Å². The molecule has 26 heavy (non-hydrogen) atoms. The normalized spacial score (nSPS) is 23.3. The van der Waals surface area contributed by atoms with E-state index in [0.717, 1.165) is 11.3 Å². The number of hydrogen-bond acceptors (Lipinski definition) is 5. The highest BCUT2D eigenvalue weighted by Gasteiger charge is 2.44. The molecule has 2 atom stereocenters. The first-order valence-electron chi connectivity index (χ1n) is 8.48. The third-order valence-corrected chi connectivity index (χ3v) is 4.47. The van der Waals surface area contributed by atoms with Gasteiger partial charge in [-0.15, -0.1) is 0 Å². The van der Waals surface area contributed by atoms with E-state index in [2.05, 4.69) is 4.98 Å². The number of aliphatic hydroxyl groups excluding tert-OH is 1. The second-order valence-electron chi connectivity index (χ2n) is 6.94. The number of pyridine rings is 1. The van der Waals surface area contributed by atoms with Crippen LogP contribution in [0.1, 0.15) is 31.2 Å². The molecule has 0 amide bonds. The third kappa shape index (κ3) is 2.77. The van der Waals surface area contributed by atoms with E-state index in [1.54, 1.807) is 36.7 Å². The highest BCUT2D eigenvalue weighted by Crippen LogP contribution is 2.40. The van der Waals surface area contributed by atoms with Crippen molar-refractivity contribution in [3.05, 3.63) is 75.5 Å². The number of aryl methyl sites for hydroxylation is 1. The zero-order valence-electron chi connectivity index (χ0n) is 14.8. The number of benzene rings is 1. The summed E-state index contributed by atoms with van der Waals surface area (Å²) in [5.41, 5.74) is 1.56. The predicted octanol–water partition coefficient (Wildman–Crippen LogP) is 2.28. The number of nitrogens with zero attached hydrogens (tertiary/aromatic N) is 2. The van der Waals surface area contributed by atoms with E-state index in [1.165, 1.54) is 0 Å². The van der Waals surface area contributed by atoms with E-state index in [4.69, 9.17) is 9.47 Å². The summed E-state index contributed by atoms with van der Waals surface area (Å²) in [6, 6.07) is 11.1. The van der Waals surface area contributed by atoms with Gasteiger partial charge in [0.1, 0.15) is 18.0 Å².